The first-order valence-electron chi connectivity index (χ1n) is 4.71. The van der Waals surface area contributed by atoms with Crippen molar-refractivity contribution >= 4 is 46.1 Å². The lowest BCUT2D eigenvalue weighted by molar-refractivity contribution is 0.621. The van der Waals surface area contributed by atoms with E-state index >= 15 is 0 Å². The van der Waals surface area contributed by atoms with Gasteiger partial charge in [0.2, 0.25) is 0 Å². The molecule has 0 amide bonds. The van der Waals surface area contributed by atoms with Crippen molar-refractivity contribution in [2.75, 3.05) is 12.4 Å². The third-order valence-corrected chi connectivity index (χ3v) is 2.06. The Kier molecular flexibility index (Phi) is 5.05. The number of hydrogen-bond acceptors (Lipinski definition) is 3. The number of fused-ring (bicyclic) bond motifs is 1. The average Bonchev–Trinajstić information content (AvgIpc) is 2.26. The second-order valence-electron chi connectivity index (χ2n) is 3.16. The van der Waals surface area contributed by atoms with Gasteiger partial charge in [-0.3, -0.25) is 0 Å². The van der Waals surface area contributed by atoms with Gasteiger partial charge in [-0.2, -0.15) is 8.42 Å². The van der Waals surface area contributed by atoms with Crippen LogP contribution >= 0.6 is 21.4 Å². The molecular weight excluding hydrogens is 281 g/mol. The quantitative estimate of drug-likeness (QED) is 0.817. The van der Waals surface area contributed by atoms with Crippen LogP contribution in [0.5, 0.6) is 0 Å². The fraction of sp³-hybridized carbons (Fsp3) is 0.0909. The van der Waals surface area contributed by atoms with Crippen LogP contribution in [-0.4, -0.2) is 15.5 Å². The predicted molar refractivity (Wildman–Crippen MR) is 74.1 cm³/mol. The van der Waals surface area contributed by atoms with Crippen molar-refractivity contribution < 1.29 is 8.42 Å². The number of benzene rings is 2. The van der Waals surface area contributed by atoms with E-state index in [1.165, 1.54) is 16.5 Å². The average molecular weight is 292 g/mol. The number of halogens is 2. The van der Waals surface area contributed by atoms with Gasteiger partial charge in [-0.05, 0) is 11.5 Å². The van der Waals surface area contributed by atoms with Gasteiger partial charge < -0.3 is 5.32 Å². The van der Waals surface area contributed by atoms with Gasteiger partial charge >= 0.3 is 8.26 Å². The molecule has 0 bridgehead atoms. The first-order chi connectivity index (χ1) is 7.92. The van der Waals surface area contributed by atoms with E-state index in [4.69, 9.17) is 8.42 Å². The van der Waals surface area contributed by atoms with Gasteiger partial charge in [0.05, 0.1) is 0 Å². The zero-order chi connectivity index (χ0) is 12.9. The molecule has 0 saturated heterocycles. The molecule has 0 aliphatic carbocycles. The number of nitrogens with one attached hydrogen (secondary N) is 1. The number of rotatable bonds is 1. The molecule has 0 fully saturated rings. The van der Waals surface area contributed by atoms with Gasteiger partial charge in [-0.15, -0.1) is 0 Å². The van der Waals surface area contributed by atoms with Crippen LogP contribution in [-0.2, 0) is 8.26 Å². The van der Waals surface area contributed by atoms with Crippen LogP contribution in [0.1, 0.15) is 0 Å². The van der Waals surface area contributed by atoms with Crippen LogP contribution in [0.4, 0.5) is 5.69 Å². The smallest absolute Gasteiger partial charge is 0.317 e. The first-order valence-corrected chi connectivity index (χ1v) is 7.85. The molecule has 0 spiro atoms. The van der Waals surface area contributed by atoms with E-state index in [1.54, 1.807) is 0 Å². The summed E-state index contributed by atoms with van der Waals surface area (Å²) >= 11 is 0. The second kappa shape index (κ2) is 6.10. The lowest BCUT2D eigenvalue weighted by Gasteiger charge is -2.04. The molecule has 0 aliphatic rings. The maximum absolute atomic E-state index is 9.16. The molecule has 2 aromatic rings. The summed E-state index contributed by atoms with van der Waals surface area (Å²) in [6.07, 6.45) is 0. The van der Waals surface area contributed by atoms with Crippen LogP contribution in [0.15, 0.2) is 42.5 Å². The van der Waals surface area contributed by atoms with Crippen molar-refractivity contribution in [3.63, 3.8) is 0 Å². The molecule has 0 aromatic heterocycles. The van der Waals surface area contributed by atoms with Crippen molar-refractivity contribution in [3.05, 3.63) is 42.5 Å². The van der Waals surface area contributed by atoms with Crippen LogP contribution in [0.3, 0.4) is 0 Å². The fourth-order valence-electron chi connectivity index (χ4n) is 1.44. The highest BCUT2D eigenvalue weighted by molar-refractivity contribution is 8.31. The molecule has 0 unspecified atom stereocenters. The first kappa shape index (κ1) is 14.1. The van der Waals surface area contributed by atoms with Gasteiger partial charge in [0.1, 0.15) is 0 Å². The fourth-order valence-corrected chi connectivity index (χ4v) is 1.44. The minimum absolute atomic E-state index is 1.19. The van der Waals surface area contributed by atoms with E-state index in [-0.39, 0.29) is 0 Å². The highest BCUT2D eigenvalue weighted by Gasteiger charge is 1.95. The Morgan fingerprint density at radius 2 is 1.53 bits per heavy atom. The van der Waals surface area contributed by atoms with E-state index in [0.29, 0.717) is 0 Å². The Bertz CT molecular complexity index is 586. The molecule has 92 valence electrons. The topological polar surface area (TPSA) is 46.2 Å². The molecule has 17 heavy (non-hydrogen) atoms. The van der Waals surface area contributed by atoms with Crippen molar-refractivity contribution in [2.45, 2.75) is 0 Å². The second-order valence-corrected chi connectivity index (χ2v) is 6.82. The molecule has 0 aliphatic heterocycles. The van der Waals surface area contributed by atoms with E-state index in [2.05, 4.69) is 69.1 Å². The normalized spacial score (nSPS) is 10.5. The SMILES string of the molecule is CNc1cccc2ccccc12.O=S(=O)(Cl)Cl. The largest absolute Gasteiger partial charge is 0.388 e. The maximum atomic E-state index is 9.16. The van der Waals surface area contributed by atoms with Crippen LogP contribution in [0, 0.1) is 0 Å². The lowest BCUT2D eigenvalue weighted by atomic mass is 10.1. The summed E-state index contributed by atoms with van der Waals surface area (Å²) in [5, 5.41) is 5.73. The summed E-state index contributed by atoms with van der Waals surface area (Å²) in [5.41, 5.74) is 1.19. The van der Waals surface area contributed by atoms with E-state index < -0.39 is 8.26 Å². The molecule has 6 heteroatoms. The summed E-state index contributed by atoms with van der Waals surface area (Å²) < 4.78 is 18.3. The van der Waals surface area contributed by atoms with Gasteiger partial charge in [0.15, 0.2) is 0 Å². The molecule has 0 radical (unpaired) electrons. The summed E-state index contributed by atoms with van der Waals surface area (Å²) in [4.78, 5) is 0. The Balaban J connectivity index is 0.000000249. The highest BCUT2D eigenvalue weighted by atomic mass is 36.0. The summed E-state index contributed by atoms with van der Waals surface area (Å²) in [6, 6.07) is 14.6. The third kappa shape index (κ3) is 5.26. The Labute approximate surface area is 109 Å². The van der Waals surface area contributed by atoms with Crippen LogP contribution in [0.25, 0.3) is 10.8 Å². The van der Waals surface area contributed by atoms with E-state index in [9.17, 15) is 0 Å². The maximum Gasteiger partial charge on any atom is 0.317 e. The van der Waals surface area contributed by atoms with Crippen molar-refractivity contribution in [1.29, 1.82) is 0 Å². The molecule has 0 heterocycles. The van der Waals surface area contributed by atoms with Crippen LogP contribution < -0.4 is 5.32 Å². The minimum Gasteiger partial charge on any atom is -0.388 e. The molecule has 2 rings (SSSR count). The van der Waals surface area contributed by atoms with Gasteiger partial charge in [-0.25, -0.2) is 0 Å². The molecular formula is C11H11Cl2NO2S. The highest BCUT2D eigenvalue weighted by Crippen LogP contribution is 2.21. The van der Waals surface area contributed by atoms with Gasteiger partial charge in [-0.1, -0.05) is 36.4 Å². The monoisotopic (exact) mass is 291 g/mol. The molecule has 0 atom stereocenters. The Morgan fingerprint density at radius 3 is 2.12 bits per heavy atom. The Morgan fingerprint density at radius 1 is 1.00 bits per heavy atom. The van der Waals surface area contributed by atoms with Crippen molar-refractivity contribution in [2.24, 2.45) is 0 Å². The zero-order valence-electron chi connectivity index (χ0n) is 9.02. The van der Waals surface area contributed by atoms with E-state index in [0.717, 1.165) is 0 Å². The lowest BCUT2D eigenvalue weighted by Crippen LogP contribution is -1.88. The summed E-state index contributed by atoms with van der Waals surface area (Å²) in [5.74, 6) is 0. The van der Waals surface area contributed by atoms with Gasteiger partial charge in [0.25, 0.3) is 0 Å². The molecule has 1 N–H and O–H groups in total. The predicted octanol–water partition coefficient (Wildman–Crippen LogP) is 3.59. The number of hydrogen-bond donors (Lipinski definition) is 1. The third-order valence-electron chi connectivity index (χ3n) is 2.06. The minimum atomic E-state index is -3.72. The van der Waals surface area contributed by atoms with Crippen molar-refractivity contribution in [1.82, 2.24) is 0 Å². The van der Waals surface area contributed by atoms with Gasteiger partial charge in [0, 0.05) is 39.5 Å². The molecule has 0 saturated carbocycles. The standard InChI is InChI=1S/C11H11N.Cl2O2S/c1-12-11-8-4-6-9-5-2-3-7-10(9)11;1-5(2,3)4/h2-8,12H,1H3;. The van der Waals surface area contributed by atoms with Crippen LogP contribution in [0.2, 0.25) is 0 Å². The summed E-state index contributed by atoms with van der Waals surface area (Å²) in [6.45, 7) is 0. The summed E-state index contributed by atoms with van der Waals surface area (Å²) in [7, 11) is 6.76. The van der Waals surface area contributed by atoms with Crippen molar-refractivity contribution in [3.8, 4) is 0 Å². The Hall–Kier alpha value is -0.970. The molecule has 2 aromatic carbocycles. The molecule has 3 nitrogen and oxygen atoms in total. The van der Waals surface area contributed by atoms with E-state index in [1.807, 2.05) is 7.05 Å². The number of anilines is 1. The zero-order valence-corrected chi connectivity index (χ0v) is 11.4.